The molecule has 0 fully saturated rings. The van der Waals surface area contributed by atoms with Gasteiger partial charge in [-0.15, -0.1) is 24.8 Å². The summed E-state index contributed by atoms with van der Waals surface area (Å²) in [7, 11) is 0. The first-order valence-electron chi connectivity index (χ1n) is 10.8. The molecule has 0 aliphatic heterocycles. The summed E-state index contributed by atoms with van der Waals surface area (Å²) in [6.07, 6.45) is 1.68. The molecule has 6 heteroatoms. The Bertz CT molecular complexity index is 1010. The monoisotopic (exact) mass is 526 g/mol. The Balaban J connectivity index is 0.00000272. The zero-order valence-electron chi connectivity index (χ0n) is 20.8. The van der Waals surface area contributed by atoms with Gasteiger partial charge in [0.15, 0.2) is 0 Å². The van der Waals surface area contributed by atoms with E-state index in [9.17, 15) is 0 Å². The Kier molecular flexibility index (Phi) is 10.5. The molecule has 3 aromatic rings. The van der Waals surface area contributed by atoms with Crippen LogP contribution in [-0.4, -0.2) is 4.31 Å². The van der Waals surface area contributed by atoms with Gasteiger partial charge in [-0.2, -0.15) is 0 Å². The molecule has 0 radical (unpaired) electrons. The Morgan fingerprint density at radius 2 is 1.18 bits per heavy atom. The van der Waals surface area contributed by atoms with Crippen molar-refractivity contribution in [3.63, 3.8) is 0 Å². The third-order valence-electron chi connectivity index (χ3n) is 5.11. The van der Waals surface area contributed by atoms with Crippen molar-refractivity contribution in [2.45, 2.75) is 66.2 Å². The predicted molar refractivity (Wildman–Crippen MR) is 139 cm³/mol. The molecule has 1 heterocycles. The van der Waals surface area contributed by atoms with Gasteiger partial charge >= 0.3 is 194 Å². The van der Waals surface area contributed by atoms with Gasteiger partial charge in [-0.25, -0.2) is 0 Å². The van der Waals surface area contributed by atoms with Crippen molar-refractivity contribution >= 4 is 29.1 Å². The number of hydrogen-bond acceptors (Lipinski definition) is 3. The smallest absolute Gasteiger partial charge is 0.147 e. The number of benzene rings is 2. The predicted octanol–water partition coefficient (Wildman–Crippen LogP) is 8.09. The molecule has 0 aliphatic rings. The summed E-state index contributed by atoms with van der Waals surface area (Å²) < 4.78 is 20.9. The third-order valence-corrected chi connectivity index (χ3v) is 7.24. The van der Waals surface area contributed by atoms with Gasteiger partial charge in [-0.05, 0) is 0 Å². The molecule has 0 unspecified atom stereocenters. The molecule has 33 heavy (non-hydrogen) atoms. The third kappa shape index (κ3) is 8.03. The number of halogens is 2. The Labute approximate surface area is 218 Å². The molecule has 0 saturated carbocycles. The molecule has 2 aromatic carbocycles. The second-order valence-electron chi connectivity index (χ2n) is 10.2. The van der Waals surface area contributed by atoms with Gasteiger partial charge in [0.2, 0.25) is 0 Å². The summed E-state index contributed by atoms with van der Waals surface area (Å²) in [6, 6.07) is 16.6. The van der Waals surface area contributed by atoms with Gasteiger partial charge in [0.05, 0.1) is 0 Å². The first kappa shape index (κ1) is 29.5. The van der Waals surface area contributed by atoms with Gasteiger partial charge in [0.25, 0.3) is 0 Å². The van der Waals surface area contributed by atoms with Crippen LogP contribution in [0.25, 0.3) is 0 Å². The quantitative estimate of drug-likeness (QED) is 0.315. The maximum Gasteiger partial charge on any atom is -0.147 e. The van der Waals surface area contributed by atoms with E-state index in [1.807, 2.05) is 16.4 Å². The molecule has 1 aromatic heterocycles. The fourth-order valence-corrected chi connectivity index (χ4v) is 5.53. The first-order chi connectivity index (χ1) is 14.4. The van der Waals surface area contributed by atoms with E-state index in [1.165, 1.54) is 22.3 Å². The average molecular weight is 527 g/mol. The van der Waals surface area contributed by atoms with Crippen LogP contribution in [0.2, 0.25) is 0 Å². The molecule has 180 valence electrons. The van der Waals surface area contributed by atoms with Crippen LogP contribution in [0, 0.1) is 13.8 Å². The van der Waals surface area contributed by atoms with Crippen LogP contribution in [0.1, 0.15) is 69.6 Å². The van der Waals surface area contributed by atoms with Crippen LogP contribution in [0.4, 0.5) is 0 Å². The fourth-order valence-electron chi connectivity index (χ4n) is 3.42. The van der Waals surface area contributed by atoms with Crippen LogP contribution >= 0.6 is 24.8 Å². The molecular formula is C27H36Cl2O3Ti. The Morgan fingerprint density at radius 3 is 1.55 bits per heavy atom. The number of furan rings is 1. The molecule has 0 bridgehead atoms. The summed E-state index contributed by atoms with van der Waals surface area (Å²) in [6.45, 7) is 17.5. The zero-order valence-corrected chi connectivity index (χ0v) is 24.0. The van der Waals surface area contributed by atoms with Crippen molar-refractivity contribution in [1.29, 1.82) is 0 Å². The number of hydrogen-bond donors (Lipinski definition) is 0. The topological polar surface area (TPSA) is 31.6 Å². The molecular weight excluding hydrogens is 491 g/mol. The molecule has 0 N–H and O–H groups in total. The Hall–Kier alpha value is -1.52. The van der Waals surface area contributed by atoms with Crippen LogP contribution in [0.5, 0.6) is 11.5 Å². The summed E-state index contributed by atoms with van der Waals surface area (Å²) in [5.41, 5.74) is 4.76. The van der Waals surface area contributed by atoms with E-state index in [-0.39, 0.29) is 35.6 Å². The second-order valence-corrected chi connectivity index (χ2v) is 12.3. The van der Waals surface area contributed by atoms with Crippen LogP contribution < -0.4 is 6.64 Å². The van der Waals surface area contributed by atoms with Crippen molar-refractivity contribution in [2.75, 3.05) is 0 Å². The summed E-state index contributed by atoms with van der Waals surface area (Å²) in [5, 5.41) is 0. The Morgan fingerprint density at radius 1 is 0.727 bits per heavy atom. The van der Waals surface area contributed by atoms with Gasteiger partial charge in [0, 0.05) is 0 Å². The molecule has 3 nitrogen and oxygen atoms in total. The van der Waals surface area contributed by atoms with E-state index in [2.05, 4.69) is 91.8 Å². The normalized spacial score (nSPS) is 11.2. The van der Waals surface area contributed by atoms with E-state index in [1.54, 1.807) is 6.26 Å². The van der Waals surface area contributed by atoms with Crippen molar-refractivity contribution in [3.05, 3.63) is 82.8 Å². The molecule has 0 spiro atoms. The summed E-state index contributed by atoms with van der Waals surface area (Å²) >= 11 is -2.67. The van der Waals surface area contributed by atoms with Crippen LogP contribution in [-0.2, 0) is 29.0 Å². The number of rotatable bonds is 5. The van der Waals surface area contributed by atoms with Crippen LogP contribution in [0.3, 0.4) is 0 Å². The molecule has 0 amide bonds. The van der Waals surface area contributed by atoms with E-state index in [0.717, 1.165) is 17.3 Å². The minimum atomic E-state index is -2.67. The van der Waals surface area contributed by atoms with Crippen molar-refractivity contribution in [1.82, 2.24) is 0 Å². The zero-order chi connectivity index (χ0) is 22.8. The van der Waals surface area contributed by atoms with E-state index >= 15 is 0 Å². The molecule has 3 rings (SSSR count). The van der Waals surface area contributed by atoms with E-state index in [4.69, 9.17) is 11.1 Å². The van der Waals surface area contributed by atoms with Gasteiger partial charge in [0.1, 0.15) is 0 Å². The average Bonchev–Trinajstić information content (AvgIpc) is 3.16. The van der Waals surface area contributed by atoms with E-state index in [0.29, 0.717) is 0 Å². The van der Waals surface area contributed by atoms with Crippen molar-refractivity contribution < 1.29 is 29.2 Å². The maximum absolute atomic E-state index is 6.63. The van der Waals surface area contributed by atoms with Crippen molar-refractivity contribution in [3.8, 4) is 11.5 Å². The molecule has 0 aliphatic carbocycles. The fraction of sp³-hybridized carbons (Fsp3) is 0.370. The van der Waals surface area contributed by atoms with Gasteiger partial charge < -0.3 is 0 Å². The van der Waals surface area contributed by atoms with Crippen LogP contribution in [0.15, 0.2) is 59.2 Å². The maximum atomic E-state index is 6.63. The van der Waals surface area contributed by atoms with Gasteiger partial charge in [-0.1, -0.05) is 0 Å². The van der Waals surface area contributed by atoms with Gasteiger partial charge in [-0.3, -0.25) is 0 Å². The SMILES string of the molecule is Cc1ccc([O][Ti](=[CH]c2ccco2)[O]c2ccc(C)cc2C(C)(C)C)c(C(C)(C)C)c1.Cl.Cl. The molecule has 0 atom stereocenters. The second kappa shape index (κ2) is 11.8. The standard InChI is InChI=1S/2C11H16O.C5H4O.2ClH.Ti/c2*1-8-5-6-10(12)9(7-8)11(2,3)4;1-5-3-2-4-6-5;;;/h2*5-7,12H,1-4H3;1-4H;2*1H;/q;;;;;+2/p-2. The summed E-state index contributed by atoms with van der Waals surface area (Å²) in [5.74, 6) is 2.56. The first-order valence-corrected chi connectivity index (χ1v) is 12.9. The van der Waals surface area contributed by atoms with E-state index < -0.39 is 18.2 Å². The minimum Gasteiger partial charge on any atom is -0.147 e. The minimum absolute atomic E-state index is 0. The summed E-state index contributed by atoms with van der Waals surface area (Å²) in [4.78, 5) is 0. The molecule has 0 saturated heterocycles. The number of aryl methyl sites for hydroxylation is 2. The van der Waals surface area contributed by atoms with Crippen molar-refractivity contribution in [2.24, 2.45) is 0 Å². The largest absolute Gasteiger partial charge is 0.147 e.